The van der Waals surface area contributed by atoms with E-state index in [2.05, 4.69) is 0 Å². The normalized spacial score (nSPS) is 35.2. The summed E-state index contributed by atoms with van der Waals surface area (Å²) in [6.07, 6.45) is 0.712. The molecule has 1 N–H and O–H groups in total. The summed E-state index contributed by atoms with van der Waals surface area (Å²) in [5.74, 6) is -1.28. The second-order valence-electron chi connectivity index (χ2n) is 3.44. The quantitative estimate of drug-likeness (QED) is 0.657. The van der Waals surface area contributed by atoms with Gasteiger partial charge in [0.2, 0.25) is 0 Å². The second kappa shape index (κ2) is 3.53. The molecule has 1 fully saturated rings. The maximum absolute atomic E-state index is 11.0. The van der Waals surface area contributed by atoms with E-state index in [9.17, 15) is 8.42 Å². The molecule has 6 heteroatoms. The van der Waals surface area contributed by atoms with Crippen LogP contribution in [-0.2, 0) is 19.3 Å². The van der Waals surface area contributed by atoms with Crippen LogP contribution in [0.25, 0.3) is 0 Å². The topological polar surface area (TPSA) is 72.8 Å². The molecule has 2 atom stereocenters. The summed E-state index contributed by atoms with van der Waals surface area (Å²) in [6, 6.07) is 0. The molecule has 0 saturated carbocycles. The van der Waals surface area contributed by atoms with Crippen LogP contribution in [0, 0.1) is 0 Å². The SMILES string of the molecule is CC1(CS(C)(=O)=O)OCC(CO)O1. The van der Waals surface area contributed by atoms with E-state index in [0.29, 0.717) is 0 Å². The summed E-state index contributed by atoms with van der Waals surface area (Å²) in [5.41, 5.74) is 0. The number of aliphatic hydroxyl groups excluding tert-OH is 1. The van der Waals surface area contributed by atoms with Crippen LogP contribution < -0.4 is 0 Å². The summed E-state index contributed by atoms with van der Waals surface area (Å²) in [6.45, 7) is 1.64. The molecule has 1 aliphatic heterocycles. The Kier molecular flexibility index (Phi) is 2.96. The summed E-state index contributed by atoms with van der Waals surface area (Å²) < 4.78 is 32.3. The predicted octanol–water partition coefficient (Wildman–Crippen LogP) is -0.845. The smallest absolute Gasteiger partial charge is 0.180 e. The molecular weight excluding hydrogens is 196 g/mol. The van der Waals surface area contributed by atoms with Crippen LogP contribution in [0.5, 0.6) is 0 Å². The minimum absolute atomic E-state index is 0.153. The number of rotatable bonds is 3. The Labute approximate surface area is 77.6 Å². The first kappa shape index (κ1) is 10.9. The number of hydrogen-bond acceptors (Lipinski definition) is 5. The highest BCUT2D eigenvalue weighted by Gasteiger charge is 2.39. The highest BCUT2D eigenvalue weighted by molar-refractivity contribution is 7.90. The molecule has 0 aliphatic carbocycles. The zero-order valence-corrected chi connectivity index (χ0v) is 8.50. The van der Waals surface area contributed by atoms with Crippen LogP contribution in [0.1, 0.15) is 6.92 Å². The zero-order valence-electron chi connectivity index (χ0n) is 7.69. The largest absolute Gasteiger partial charge is 0.394 e. The lowest BCUT2D eigenvalue weighted by Gasteiger charge is -2.21. The molecule has 0 aromatic heterocycles. The monoisotopic (exact) mass is 210 g/mol. The van der Waals surface area contributed by atoms with Gasteiger partial charge in [0.25, 0.3) is 0 Å². The molecule has 0 bridgehead atoms. The fraction of sp³-hybridized carbons (Fsp3) is 1.00. The lowest BCUT2D eigenvalue weighted by molar-refractivity contribution is -0.139. The number of sulfone groups is 1. The second-order valence-corrected chi connectivity index (χ2v) is 5.58. The molecular formula is C7H14O5S. The first-order valence-electron chi connectivity index (χ1n) is 3.95. The van der Waals surface area contributed by atoms with Crippen LogP contribution >= 0.6 is 0 Å². The van der Waals surface area contributed by atoms with Crippen molar-refractivity contribution in [1.82, 2.24) is 0 Å². The van der Waals surface area contributed by atoms with Gasteiger partial charge in [0.05, 0.1) is 13.2 Å². The molecule has 13 heavy (non-hydrogen) atoms. The van der Waals surface area contributed by atoms with E-state index >= 15 is 0 Å². The first-order valence-corrected chi connectivity index (χ1v) is 6.01. The molecule has 1 rings (SSSR count). The van der Waals surface area contributed by atoms with Crippen LogP contribution in [0.15, 0.2) is 0 Å². The van der Waals surface area contributed by atoms with E-state index in [0.717, 1.165) is 6.26 Å². The first-order chi connectivity index (χ1) is 5.85. The standard InChI is InChI=1S/C7H14O5S/c1-7(5-13(2,9)10)11-4-6(3-8)12-7/h6,8H,3-5H2,1-2H3. The lowest BCUT2D eigenvalue weighted by atomic mass is 10.4. The molecule has 2 unspecified atom stereocenters. The van der Waals surface area contributed by atoms with Crippen molar-refractivity contribution in [2.45, 2.75) is 18.8 Å². The summed E-state index contributed by atoms with van der Waals surface area (Å²) >= 11 is 0. The van der Waals surface area contributed by atoms with Gasteiger partial charge in [-0.1, -0.05) is 0 Å². The molecule has 1 saturated heterocycles. The zero-order chi connectivity index (χ0) is 10.1. The molecule has 0 spiro atoms. The van der Waals surface area contributed by atoms with Crippen LogP contribution in [0.3, 0.4) is 0 Å². The fourth-order valence-electron chi connectivity index (χ4n) is 1.33. The van der Waals surface area contributed by atoms with Gasteiger partial charge < -0.3 is 14.6 Å². The molecule has 0 aromatic carbocycles. The Hall–Kier alpha value is -0.170. The Balaban J connectivity index is 2.60. The maximum atomic E-state index is 11.0. The van der Waals surface area contributed by atoms with E-state index in [-0.39, 0.29) is 19.0 Å². The predicted molar refractivity (Wildman–Crippen MR) is 46.0 cm³/mol. The maximum Gasteiger partial charge on any atom is 0.180 e. The number of hydrogen-bond donors (Lipinski definition) is 1. The van der Waals surface area contributed by atoms with Gasteiger partial charge in [0, 0.05) is 6.26 Å². The van der Waals surface area contributed by atoms with Crippen molar-refractivity contribution < 1.29 is 23.0 Å². The minimum Gasteiger partial charge on any atom is -0.394 e. The van der Waals surface area contributed by atoms with Crippen LogP contribution in [0.2, 0.25) is 0 Å². The fourth-order valence-corrected chi connectivity index (χ4v) is 2.44. The van der Waals surface area contributed by atoms with Gasteiger partial charge >= 0.3 is 0 Å². The molecule has 0 amide bonds. The van der Waals surface area contributed by atoms with Crippen molar-refractivity contribution in [2.75, 3.05) is 25.2 Å². The molecule has 1 heterocycles. The van der Waals surface area contributed by atoms with Gasteiger partial charge in [0.15, 0.2) is 15.6 Å². The third kappa shape index (κ3) is 3.22. The van der Waals surface area contributed by atoms with E-state index in [1.54, 1.807) is 6.92 Å². The minimum atomic E-state index is -3.13. The van der Waals surface area contributed by atoms with E-state index in [4.69, 9.17) is 14.6 Å². The van der Waals surface area contributed by atoms with Crippen LogP contribution in [-0.4, -0.2) is 50.6 Å². The van der Waals surface area contributed by atoms with Crippen molar-refractivity contribution in [2.24, 2.45) is 0 Å². The van der Waals surface area contributed by atoms with Crippen molar-refractivity contribution >= 4 is 9.84 Å². The van der Waals surface area contributed by atoms with Gasteiger partial charge in [-0.15, -0.1) is 0 Å². The third-order valence-electron chi connectivity index (χ3n) is 1.72. The Morgan fingerprint density at radius 2 is 2.23 bits per heavy atom. The number of aliphatic hydroxyl groups is 1. The summed E-state index contributed by atoms with van der Waals surface area (Å²) in [4.78, 5) is 0. The third-order valence-corrected chi connectivity index (χ3v) is 2.77. The van der Waals surface area contributed by atoms with E-state index in [1.165, 1.54) is 0 Å². The van der Waals surface area contributed by atoms with Gasteiger partial charge in [-0.25, -0.2) is 8.42 Å². The average molecular weight is 210 g/mol. The van der Waals surface area contributed by atoms with Crippen LogP contribution in [0.4, 0.5) is 0 Å². The average Bonchev–Trinajstić information content (AvgIpc) is 2.27. The highest BCUT2D eigenvalue weighted by Crippen LogP contribution is 2.24. The lowest BCUT2D eigenvalue weighted by Crippen LogP contribution is -2.35. The molecule has 0 aromatic rings. The number of ether oxygens (including phenoxy) is 2. The Morgan fingerprint density at radius 3 is 2.62 bits per heavy atom. The molecule has 78 valence electrons. The van der Waals surface area contributed by atoms with E-state index < -0.39 is 21.7 Å². The van der Waals surface area contributed by atoms with Gasteiger partial charge in [0.1, 0.15) is 11.9 Å². The highest BCUT2D eigenvalue weighted by atomic mass is 32.2. The Bertz CT molecular complexity index is 273. The van der Waals surface area contributed by atoms with Crippen molar-refractivity contribution in [1.29, 1.82) is 0 Å². The molecule has 5 nitrogen and oxygen atoms in total. The van der Waals surface area contributed by atoms with Crippen molar-refractivity contribution in [3.63, 3.8) is 0 Å². The molecule has 1 aliphatic rings. The van der Waals surface area contributed by atoms with Crippen molar-refractivity contribution in [3.8, 4) is 0 Å². The molecule has 0 radical (unpaired) electrons. The summed E-state index contributed by atoms with van der Waals surface area (Å²) in [5, 5.41) is 8.74. The van der Waals surface area contributed by atoms with Gasteiger partial charge in [-0.3, -0.25) is 0 Å². The van der Waals surface area contributed by atoms with Gasteiger partial charge in [-0.05, 0) is 6.92 Å². The Morgan fingerprint density at radius 1 is 1.62 bits per heavy atom. The van der Waals surface area contributed by atoms with E-state index in [1.807, 2.05) is 0 Å². The van der Waals surface area contributed by atoms with Crippen molar-refractivity contribution in [3.05, 3.63) is 0 Å². The summed E-state index contributed by atoms with van der Waals surface area (Å²) in [7, 11) is -3.13. The van der Waals surface area contributed by atoms with Gasteiger partial charge in [-0.2, -0.15) is 0 Å².